The molecule has 0 atom stereocenters. The molecule has 0 saturated carbocycles. The van der Waals surface area contributed by atoms with Crippen LogP contribution in [0.25, 0.3) is 21.9 Å². The minimum Gasteiger partial charge on any atom is -0.478 e. The van der Waals surface area contributed by atoms with Crippen molar-refractivity contribution < 1.29 is 19.1 Å². The number of carbonyl (C=O) groups is 2. The summed E-state index contributed by atoms with van der Waals surface area (Å²) in [6.45, 7) is 0.376. The zero-order chi connectivity index (χ0) is 23.7. The molecule has 2 heterocycles. The molecule has 0 spiro atoms. The number of aromatic carboxylic acids is 1. The monoisotopic (exact) mass is 452 g/mol. The molecule has 0 bridgehead atoms. The fraction of sp³-hybridized carbons (Fsp3) is 0.0741. The van der Waals surface area contributed by atoms with Crippen molar-refractivity contribution in [1.29, 1.82) is 0 Å². The molecule has 3 aromatic carbocycles. The molecule has 2 aromatic heterocycles. The van der Waals surface area contributed by atoms with Crippen LogP contribution in [-0.2, 0) is 13.0 Å². The molecule has 34 heavy (non-hydrogen) atoms. The zero-order valence-corrected chi connectivity index (χ0v) is 18.0. The van der Waals surface area contributed by atoms with Crippen LogP contribution in [0.5, 0.6) is 0 Å². The zero-order valence-electron chi connectivity index (χ0n) is 18.0. The molecule has 7 heteroatoms. The van der Waals surface area contributed by atoms with Crippen molar-refractivity contribution in [2.45, 2.75) is 13.0 Å². The minimum absolute atomic E-state index is 0.191. The van der Waals surface area contributed by atoms with Crippen LogP contribution in [0.3, 0.4) is 0 Å². The van der Waals surface area contributed by atoms with Crippen molar-refractivity contribution in [3.05, 3.63) is 117 Å². The number of amides is 1. The first-order valence-electron chi connectivity index (χ1n) is 10.7. The lowest BCUT2D eigenvalue weighted by atomic mass is 10.0. The molecule has 0 aliphatic carbocycles. The van der Waals surface area contributed by atoms with Crippen LogP contribution >= 0.6 is 0 Å². The van der Waals surface area contributed by atoms with Crippen molar-refractivity contribution in [1.82, 2.24) is 10.3 Å². The normalized spacial score (nSPS) is 11.1. The lowest BCUT2D eigenvalue weighted by Crippen LogP contribution is -2.22. The summed E-state index contributed by atoms with van der Waals surface area (Å²) in [5, 5.41) is 13.7. The van der Waals surface area contributed by atoms with E-state index in [0.717, 1.165) is 27.5 Å². The van der Waals surface area contributed by atoms with E-state index < -0.39 is 5.97 Å². The Morgan fingerprint density at radius 3 is 2.41 bits per heavy atom. The van der Waals surface area contributed by atoms with Crippen LogP contribution in [0.1, 0.15) is 37.4 Å². The number of hydrogen-bond donors (Lipinski definition) is 3. The maximum absolute atomic E-state index is 12.8. The minimum atomic E-state index is -0.997. The predicted octanol–water partition coefficient (Wildman–Crippen LogP) is 4.49. The van der Waals surface area contributed by atoms with Gasteiger partial charge in [-0.05, 0) is 71.1 Å². The number of carboxylic acid groups (broad SMARTS) is 1. The van der Waals surface area contributed by atoms with Crippen LogP contribution in [0.4, 0.5) is 0 Å². The topological polar surface area (TPSA) is 112 Å². The van der Waals surface area contributed by atoms with Gasteiger partial charge in [-0.25, -0.2) is 4.79 Å². The van der Waals surface area contributed by atoms with Crippen molar-refractivity contribution in [3.8, 4) is 0 Å². The molecule has 168 valence electrons. The molecular formula is C27H20N2O5. The summed E-state index contributed by atoms with van der Waals surface area (Å²) in [7, 11) is 0. The van der Waals surface area contributed by atoms with E-state index in [-0.39, 0.29) is 17.0 Å². The van der Waals surface area contributed by atoms with Gasteiger partial charge in [0.15, 0.2) is 0 Å². The SMILES string of the molecule is O=C(O)c1ccc(Cc2cc3cc(C(=O)NCc4ccc5occc5c4)ccc3[nH]c2=O)cc1. The van der Waals surface area contributed by atoms with E-state index in [4.69, 9.17) is 9.52 Å². The number of aromatic nitrogens is 1. The van der Waals surface area contributed by atoms with Crippen molar-refractivity contribution in [2.24, 2.45) is 0 Å². The fourth-order valence-electron chi connectivity index (χ4n) is 3.92. The van der Waals surface area contributed by atoms with Crippen molar-refractivity contribution in [3.63, 3.8) is 0 Å². The number of hydrogen-bond acceptors (Lipinski definition) is 4. The maximum atomic E-state index is 12.8. The Balaban J connectivity index is 1.35. The highest BCUT2D eigenvalue weighted by Crippen LogP contribution is 2.18. The van der Waals surface area contributed by atoms with Crippen LogP contribution in [-0.4, -0.2) is 22.0 Å². The van der Waals surface area contributed by atoms with E-state index in [2.05, 4.69) is 10.3 Å². The number of fused-ring (bicyclic) bond motifs is 2. The Bertz CT molecular complexity index is 1600. The second-order valence-electron chi connectivity index (χ2n) is 8.08. The molecular weight excluding hydrogens is 432 g/mol. The average Bonchev–Trinajstić information content (AvgIpc) is 3.31. The van der Waals surface area contributed by atoms with E-state index in [1.165, 1.54) is 12.1 Å². The third-order valence-electron chi connectivity index (χ3n) is 5.75. The first-order valence-corrected chi connectivity index (χ1v) is 10.7. The third-order valence-corrected chi connectivity index (χ3v) is 5.75. The molecule has 7 nitrogen and oxygen atoms in total. The summed E-state index contributed by atoms with van der Waals surface area (Å²) in [5.74, 6) is -1.21. The Labute approximate surface area is 193 Å². The molecule has 0 unspecified atom stereocenters. The number of aromatic amines is 1. The summed E-state index contributed by atoms with van der Waals surface area (Å²) in [5.41, 5.74) is 4.20. The number of carbonyl (C=O) groups excluding carboxylic acids is 1. The molecule has 0 saturated heterocycles. The standard InChI is InChI=1S/C27H20N2O5/c30-25(28-15-17-3-8-24-19(12-17)9-10-34-24)20-6-7-23-21(13-20)14-22(26(31)29-23)11-16-1-4-18(5-2-16)27(32)33/h1-10,12-14H,11,15H2,(H,28,30)(H,29,31)(H,32,33). The van der Waals surface area contributed by atoms with E-state index in [9.17, 15) is 14.4 Å². The number of furan rings is 1. The quantitative estimate of drug-likeness (QED) is 0.351. The van der Waals surface area contributed by atoms with Gasteiger partial charge in [0.25, 0.3) is 11.5 Å². The van der Waals surface area contributed by atoms with Gasteiger partial charge >= 0.3 is 5.97 Å². The van der Waals surface area contributed by atoms with Crippen molar-refractivity contribution in [2.75, 3.05) is 0 Å². The predicted molar refractivity (Wildman–Crippen MR) is 128 cm³/mol. The lowest BCUT2D eigenvalue weighted by Gasteiger charge is -2.08. The van der Waals surface area contributed by atoms with Gasteiger partial charge in [0.1, 0.15) is 5.58 Å². The number of carboxylic acids is 1. The Morgan fingerprint density at radius 2 is 1.62 bits per heavy atom. The second-order valence-corrected chi connectivity index (χ2v) is 8.08. The molecule has 0 aliphatic heterocycles. The Kier molecular flexibility index (Phi) is 5.43. The van der Waals surface area contributed by atoms with Crippen LogP contribution < -0.4 is 10.9 Å². The van der Waals surface area contributed by atoms with Gasteiger partial charge in [-0.3, -0.25) is 9.59 Å². The van der Waals surface area contributed by atoms with Gasteiger partial charge in [0.2, 0.25) is 0 Å². The molecule has 5 aromatic rings. The molecule has 0 aliphatic rings. The van der Waals surface area contributed by atoms with E-state index in [0.29, 0.717) is 29.6 Å². The number of H-pyrrole nitrogens is 1. The van der Waals surface area contributed by atoms with Gasteiger partial charge < -0.3 is 19.8 Å². The Morgan fingerprint density at radius 1 is 0.853 bits per heavy atom. The molecule has 0 radical (unpaired) electrons. The second kappa shape index (κ2) is 8.71. The maximum Gasteiger partial charge on any atom is 0.335 e. The number of nitrogens with one attached hydrogen (secondary N) is 2. The van der Waals surface area contributed by atoms with Crippen LogP contribution in [0.15, 0.2) is 88.3 Å². The smallest absolute Gasteiger partial charge is 0.335 e. The summed E-state index contributed by atoms with van der Waals surface area (Å²) in [6.07, 6.45) is 1.98. The fourth-order valence-corrected chi connectivity index (χ4v) is 3.92. The molecule has 3 N–H and O–H groups in total. The van der Waals surface area contributed by atoms with E-state index in [1.54, 1.807) is 42.7 Å². The van der Waals surface area contributed by atoms with Crippen molar-refractivity contribution >= 4 is 33.7 Å². The van der Waals surface area contributed by atoms with Gasteiger partial charge in [-0.2, -0.15) is 0 Å². The van der Waals surface area contributed by atoms with E-state index in [1.807, 2.05) is 24.3 Å². The van der Waals surface area contributed by atoms with E-state index >= 15 is 0 Å². The summed E-state index contributed by atoms with van der Waals surface area (Å²) < 4.78 is 5.34. The molecule has 5 rings (SSSR count). The first-order chi connectivity index (χ1) is 16.5. The van der Waals surface area contributed by atoms with Gasteiger partial charge in [-0.15, -0.1) is 0 Å². The first kappa shape index (κ1) is 21.2. The summed E-state index contributed by atoms with van der Waals surface area (Å²) in [6, 6.07) is 21.0. The highest BCUT2D eigenvalue weighted by atomic mass is 16.4. The summed E-state index contributed by atoms with van der Waals surface area (Å²) in [4.78, 5) is 39.2. The average molecular weight is 452 g/mol. The van der Waals surface area contributed by atoms with Gasteiger partial charge in [-0.1, -0.05) is 18.2 Å². The Hall–Kier alpha value is -4.65. The van der Waals surface area contributed by atoms with Gasteiger partial charge in [0.05, 0.1) is 11.8 Å². The highest BCUT2D eigenvalue weighted by Gasteiger charge is 2.10. The van der Waals surface area contributed by atoms with Gasteiger partial charge in [0, 0.05) is 35.0 Å². The third kappa shape index (κ3) is 4.31. The number of rotatable bonds is 6. The highest BCUT2D eigenvalue weighted by molar-refractivity contribution is 5.98. The van der Waals surface area contributed by atoms with Crippen LogP contribution in [0.2, 0.25) is 0 Å². The molecule has 1 amide bonds. The largest absolute Gasteiger partial charge is 0.478 e. The lowest BCUT2D eigenvalue weighted by molar-refractivity contribution is 0.0696. The molecule has 0 fully saturated rings. The summed E-state index contributed by atoms with van der Waals surface area (Å²) >= 11 is 0. The number of benzene rings is 3. The van der Waals surface area contributed by atoms with Crippen LogP contribution in [0, 0.1) is 0 Å². The number of pyridine rings is 1.